The van der Waals surface area contributed by atoms with Gasteiger partial charge in [0.25, 0.3) is 0 Å². The molecule has 1 unspecified atom stereocenters. The Kier molecular flexibility index (Phi) is 3.21. The van der Waals surface area contributed by atoms with Crippen LogP contribution < -0.4 is 0 Å². The van der Waals surface area contributed by atoms with E-state index in [0.717, 1.165) is 18.8 Å². The first-order valence-corrected chi connectivity index (χ1v) is 6.09. The Balaban J connectivity index is 2.16. The van der Waals surface area contributed by atoms with Crippen LogP contribution in [0.4, 0.5) is 0 Å². The van der Waals surface area contributed by atoms with Crippen LogP contribution in [0.2, 0.25) is 0 Å². The van der Waals surface area contributed by atoms with Crippen molar-refractivity contribution in [3.05, 3.63) is 40.1 Å². The van der Waals surface area contributed by atoms with Gasteiger partial charge in [-0.2, -0.15) is 0 Å². The molecule has 2 heterocycles. The summed E-state index contributed by atoms with van der Waals surface area (Å²) < 4.78 is 5.51. The van der Waals surface area contributed by atoms with E-state index in [4.69, 9.17) is 4.74 Å². The molecule has 1 aliphatic heterocycles. The molecule has 0 aromatic carbocycles. The number of nitrogens with zero attached hydrogens (tertiary/aromatic N) is 1. The summed E-state index contributed by atoms with van der Waals surface area (Å²) in [6.07, 6.45) is 7.18. The molecule has 1 saturated heterocycles. The van der Waals surface area contributed by atoms with E-state index < -0.39 is 0 Å². The minimum Gasteiger partial charge on any atom is -0.493 e. The fraction of sp³-hybridized carbons (Fsp3) is 0.417. The highest BCUT2D eigenvalue weighted by Crippen LogP contribution is 2.28. The highest BCUT2D eigenvalue weighted by molar-refractivity contribution is 7.09. The molecule has 0 amide bonds. The summed E-state index contributed by atoms with van der Waals surface area (Å²) in [6.45, 7) is 5.01. The van der Waals surface area contributed by atoms with Crippen molar-refractivity contribution in [3.8, 4) is 0 Å². The topological polar surface area (TPSA) is 22.1 Å². The average molecular weight is 221 g/mol. The highest BCUT2D eigenvalue weighted by Gasteiger charge is 2.16. The molecule has 0 saturated carbocycles. The minimum atomic E-state index is 0.386. The second kappa shape index (κ2) is 4.62. The van der Waals surface area contributed by atoms with Crippen LogP contribution in [0.25, 0.3) is 0 Å². The van der Waals surface area contributed by atoms with Gasteiger partial charge in [-0.15, -0.1) is 11.3 Å². The lowest BCUT2D eigenvalue weighted by molar-refractivity contribution is 0.265. The molecule has 3 heteroatoms. The molecule has 0 radical (unpaired) electrons. The summed E-state index contributed by atoms with van der Waals surface area (Å²) in [4.78, 5) is 4.32. The third kappa shape index (κ3) is 2.29. The van der Waals surface area contributed by atoms with E-state index in [-0.39, 0.29) is 0 Å². The lowest BCUT2D eigenvalue weighted by Crippen LogP contribution is -1.90. The number of rotatable bonds is 2. The van der Waals surface area contributed by atoms with Crippen molar-refractivity contribution in [3.63, 3.8) is 0 Å². The predicted molar refractivity (Wildman–Crippen MR) is 62.9 cm³/mol. The van der Waals surface area contributed by atoms with Crippen LogP contribution in [0.5, 0.6) is 0 Å². The lowest BCUT2D eigenvalue weighted by atomic mass is 10.1. The van der Waals surface area contributed by atoms with Crippen LogP contribution >= 0.6 is 11.3 Å². The van der Waals surface area contributed by atoms with Crippen LogP contribution in [0.1, 0.15) is 31.2 Å². The first-order valence-electron chi connectivity index (χ1n) is 5.21. The third-order valence-corrected chi connectivity index (χ3v) is 3.48. The van der Waals surface area contributed by atoms with Crippen LogP contribution in [0, 0.1) is 0 Å². The van der Waals surface area contributed by atoms with Crippen LogP contribution in [0.15, 0.2) is 35.1 Å². The second-order valence-corrected chi connectivity index (χ2v) is 4.53. The van der Waals surface area contributed by atoms with Crippen LogP contribution in [-0.4, -0.2) is 11.6 Å². The van der Waals surface area contributed by atoms with Crippen molar-refractivity contribution in [2.75, 3.05) is 6.61 Å². The average Bonchev–Trinajstić information content (AvgIpc) is 2.87. The zero-order chi connectivity index (χ0) is 10.7. The van der Waals surface area contributed by atoms with Crippen molar-refractivity contribution in [2.24, 2.45) is 0 Å². The second-order valence-electron chi connectivity index (χ2n) is 3.60. The molecule has 1 atom stereocenters. The molecule has 0 spiro atoms. The molecule has 1 aliphatic rings. The zero-order valence-electron chi connectivity index (χ0n) is 9.06. The molecule has 80 valence electrons. The van der Waals surface area contributed by atoms with Gasteiger partial charge in [0, 0.05) is 23.9 Å². The van der Waals surface area contributed by atoms with Crippen molar-refractivity contribution in [1.29, 1.82) is 0 Å². The Morgan fingerprint density at radius 1 is 1.60 bits per heavy atom. The summed E-state index contributed by atoms with van der Waals surface area (Å²) in [7, 11) is 0. The highest BCUT2D eigenvalue weighted by atomic mass is 32.1. The number of thiazole rings is 1. The normalized spacial score (nSPS) is 23.3. The third-order valence-electron chi connectivity index (χ3n) is 2.50. The summed E-state index contributed by atoms with van der Waals surface area (Å²) in [6, 6.07) is 0. The van der Waals surface area contributed by atoms with Crippen molar-refractivity contribution >= 4 is 11.3 Å². The van der Waals surface area contributed by atoms with Gasteiger partial charge < -0.3 is 4.74 Å². The Hall–Kier alpha value is -1.09. The Labute approximate surface area is 94.3 Å². The molecule has 0 N–H and O–H groups in total. The van der Waals surface area contributed by atoms with E-state index in [2.05, 4.69) is 18.0 Å². The van der Waals surface area contributed by atoms with Crippen molar-refractivity contribution in [2.45, 2.75) is 26.2 Å². The molecular weight excluding hydrogens is 206 g/mol. The Morgan fingerprint density at radius 2 is 2.47 bits per heavy atom. The fourth-order valence-corrected chi connectivity index (χ4v) is 2.42. The molecule has 1 aromatic heterocycles. The summed E-state index contributed by atoms with van der Waals surface area (Å²) >= 11 is 1.71. The van der Waals surface area contributed by atoms with Crippen LogP contribution in [-0.2, 0) is 4.74 Å². The van der Waals surface area contributed by atoms with Crippen molar-refractivity contribution < 1.29 is 4.74 Å². The fourth-order valence-electron chi connectivity index (χ4n) is 1.75. The molecule has 15 heavy (non-hydrogen) atoms. The van der Waals surface area contributed by atoms with E-state index in [0.29, 0.717) is 5.92 Å². The van der Waals surface area contributed by atoms with Gasteiger partial charge in [0.2, 0.25) is 0 Å². The first-order chi connectivity index (χ1) is 7.31. The molecule has 1 fully saturated rings. The van der Waals surface area contributed by atoms with Gasteiger partial charge in [-0.3, -0.25) is 0 Å². The van der Waals surface area contributed by atoms with Gasteiger partial charge in [-0.25, -0.2) is 4.98 Å². The van der Waals surface area contributed by atoms with Crippen LogP contribution in [0.3, 0.4) is 0 Å². The number of hydrogen-bond acceptors (Lipinski definition) is 3. The van der Waals surface area contributed by atoms with E-state index in [1.807, 2.05) is 24.6 Å². The monoisotopic (exact) mass is 221 g/mol. The molecular formula is C12H15NOS. The summed E-state index contributed by atoms with van der Waals surface area (Å²) in [5.74, 6) is 1.43. The number of hydrogen-bond donors (Lipinski definition) is 0. The molecule has 2 nitrogen and oxygen atoms in total. The first kappa shape index (κ1) is 10.4. The number of aromatic nitrogens is 1. The number of allylic oxidation sites excluding steroid dienone is 3. The van der Waals surface area contributed by atoms with Gasteiger partial charge in [-0.1, -0.05) is 13.0 Å². The summed E-state index contributed by atoms with van der Waals surface area (Å²) in [5.41, 5.74) is 1.32. The molecule has 1 aromatic rings. The Bertz CT molecular complexity index is 378. The van der Waals surface area contributed by atoms with E-state index in [1.165, 1.54) is 10.6 Å². The van der Waals surface area contributed by atoms with Gasteiger partial charge in [0.05, 0.1) is 11.6 Å². The van der Waals surface area contributed by atoms with Gasteiger partial charge in [0.1, 0.15) is 5.76 Å². The van der Waals surface area contributed by atoms with Gasteiger partial charge in [-0.05, 0) is 18.6 Å². The van der Waals surface area contributed by atoms with Gasteiger partial charge in [0.15, 0.2) is 0 Å². The maximum Gasteiger partial charge on any atom is 0.118 e. The predicted octanol–water partition coefficient (Wildman–Crippen LogP) is 3.50. The van der Waals surface area contributed by atoms with Crippen molar-refractivity contribution in [1.82, 2.24) is 4.98 Å². The van der Waals surface area contributed by atoms with E-state index in [9.17, 15) is 0 Å². The quantitative estimate of drug-likeness (QED) is 0.762. The maximum absolute atomic E-state index is 5.51. The smallest absolute Gasteiger partial charge is 0.118 e. The van der Waals surface area contributed by atoms with E-state index >= 15 is 0 Å². The SMILES string of the molecule is C/C=C1/OCC/C1=C/C(C)c1nccs1. The zero-order valence-corrected chi connectivity index (χ0v) is 9.88. The molecule has 0 bridgehead atoms. The number of ether oxygens (including phenoxy) is 1. The maximum atomic E-state index is 5.51. The lowest BCUT2D eigenvalue weighted by Gasteiger charge is -2.04. The largest absolute Gasteiger partial charge is 0.493 e. The van der Waals surface area contributed by atoms with E-state index in [1.54, 1.807) is 11.3 Å². The summed E-state index contributed by atoms with van der Waals surface area (Å²) in [5, 5.41) is 3.19. The standard InChI is InChI=1S/C12H15NOS/c1-3-11-10(4-6-14-11)8-9(2)12-13-5-7-15-12/h3,5,7-9H,4,6H2,1-2H3/b10-8-,11-3+. The van der Waals surface area contributed by atoms with Gasteiger partial charge >= 0.3 is 0 Å². The molecule has 0 aliphatic carbocycles. The Morgan fingerprint density at radius 3 is 3.13 bits per heavy atom. The minimum absolute atomic E-state index is 0.386. The molecule has 2 rings (SSSR count).